The van der Waals surface area contributed by atoms with Gasteiger partial charge >= 0.3 is 0 Å². The number of halogens is 1. The van der Waals surface area contributed by atoms with Crippen molar-refractivity contribution in [3.05, 3.63) is 48.2 Å². The molecule has 7 nitrogen and oxygen atoms in total. The average molecular weight is 556 g/mol. The van der Waals surface area contributed by atoms with E-state index in [1.54, 1.807) is 13.2 Å². The molecule has 0 radical (unpaired) electrons. The van der Waals surface area contributed by atoms with Crippen molar-refractivity contribution in [3.63, 3.8) is 0 Å². The summed E-state index contributed by atoms with van der Waals surface area (Å²) in [4.78, 5) is 8.70. The third-order valence-electron chi connectivity index (χ3n) is 4.69. The Hall–Kier alpha value is -2.07. The average Bonchev–Trinajstić information content (AvgIpc) is 2.77. The van der Waals surface area contributed by atoms with Crippen molar-refractivity contribution in [1.29, 1.82) is 0 Å². The molecule has 0 saturated heterocycles. The summed E-state index contributed by atoms with van der Waals surface area (Å²) in [7, 11) is 1.77. The summed E-state index contributed by atoms with van der Waals surface area (Å²) in [6, 6.07) is 11.4. The van der Waals surface area contributed by atoms with E-state index in [4.69, 9.17) is 14.2 Å². The highest BCUT2D eigenvalue weighted by Gasteiger charge is 2.13. The predicted octanol–water partition coefficient (Wildman–Crippen LogP) is 5.01. The molecule has 1 atom stereocenters. The lowest BCUT2D eigenvalue weighted by Crippen LogP contribution is -2.38. The van der Waals surface area contributed by atoms with Gasteiger partial charge in [-0.1, -0.05) is 32.0 Å². The van der Waals surface area contributed by atoms with Gasteiger partial charge in [0.05, 0.1) is 12.7 Å². The Labute approximate surface area is 209 Å². The molecule has 0 aliphatic carbocycles. The molecule has 1 aromatic carbocycles. The standard InChI is InChI=1S/C24H36N4O3.HI/c1-6-29-20(18(3)4)14-15-26-24(25-5)28-17-19-12-13-23(27-16-19)31-22-11-9-8-10-21(22)30-7-2;/h8-13,16,18,20H,6-7,14-15,17H2,1-5H3,(H2,25,26,28);1H. The van der Waals surface area contributed by atoms with Gasteiger partial charge in [0.15, 0.2) is 17.5 Å². The maximum absolute atomic E-state index is 5.87. The van der Waals surface area contributed by atoms with E-state index >= 15 is 0 Å². The second kappa shape index (κ2) is 15.7. The number of pyridine rings is 1. The van der Waals surface area contributed by atoms with Gasteiger partial charge in [0.2, 0.25) is 5.88 Å². The van der Waals surface area contributed by atoms with Crippen LogP contribution >= 0.6 is 24.0 Å². The second-order valence-electron chi connectivity index (χ2n) is 7.37. The lowest BCUT2D eigenvalue weighted by Gasteiger charge is -2.21. The smallest absolute Gasteiger partial charge is 0.219 e. The fourth-order valence-electron chi connectivity index (χ4n) is 3.06. The molecule has 8 heteroatoms. The van der Waals surface area contributed by atoms with Gasteiger partial charge in [-0.2, -0.15) is 0 Å². The highest BCUT2D eigenvalue weighted by Crippen LogP contribution is 2.30. The summed E-state index contributed by atoms with van der Waals surface area (Å²) in [6.45, 7) is 11.1. The number of hydrogen-bond acceptors (Lipinski definition) is 5. The van der Waals surface area contributed by atoms with E-state index in [-0.39, 0.29) is 30.1 Å². The number of benzene rings is 1. The summed E-state index contributed by atoms with van der Waals surface area (Å²) in [5.41, 5.74) is 1.03. The third-order valence-corrected chi connectivity index (χ3v) is 4.69. The van der Waals surface area contributed by atoms with Gasteiger partial charge in [-0.05, 0) is 43.9 Å². The van der Waals surface area contributed by atoms with Crippen LogP contribution in [0.5, 0.6) is 17.4 Å². The molecule has 1 aromatic heterocycles. The number of nitrogens with zero attached hydrogens (tertiary/aromatic N) is 2. The number of aliphatic imine (C=N–C) groups is 1. The molecule has 1 unspecified atom stereocenters. The number of aromatic nitrogens is 1. The lowest BCUT2D eigenvalue weighted by molar-refractivity contribution is 0.0258. The Bertz CT molecular complexity index is 800. The van der Waals surface area contributed by atoms with Crippen molar-refractivity contribution in [2.75, 3.05) is 26.8 Å². The van der Waals surface area contributed by atoms with Crippen LogP contribution in [0.25, 0.3) is 0 Å². The summed E-state index contributed by atoms with van der Waals surface area (Å²) in [5.74, 6) is 3.12. The highest BCUT2D eigenvalue weighted by atomic mass is 127. The van der Waals surface area contributed by atoms with Gasteiger partial charge in [0.25, 0.3) is 0 Å². The minimum atomic E-state index is 0. The van der Waals surface area contributed by atoms with Crippen LogP contribution in [0.3, 0.4) is 0 Å². The molecule has 0 aliphatic rings. The fraction of sp³-hybridized carbons (Fsp3) is 0.500. The van der Waals surface area contributed by atoms with E-state index in [0.717, 1.165) is 31.1 Å². The maximum Gasteiger partial charge on any atom is 0.219 e. The molecule has 2 N–H and O–H groups in total. The number of guanidine groups is 1. The van der Waals surface area contributed by atoms with Crippen LogP contribution in [0.1, 0.15) is 39.7 Å². The monoisotopic (exact) mass is 556 g/mol. The van der Waals surface area contributed by atoms with Crippen LogP contribution in [0, 0.1) is 5.92 Å². The predicted molar refractivity (Wildman–Crippen MR) is 140 cm³/mol. The zero-order valence-corrected chi connectivity index (χ0v) is 22.1. The number of nitrogens with one attached hydrogen (secondary N) is 2. The maximum atomic E-state index is 5.87. The quantitative estimate of drug-likeness (QED) is 0.218. The van der Waals surface area contributed by atoms with Crippen molar-refractivity contribution in [2.24, 2.45) is 10.9 Å². The van der Waals surface area contributed by atoms with Gasteiger partial charge in [0, 0.05) is 39.0 Å². The van der Waals surface area contributed by atoms with E-state index < -0.39 is 0 Å². The molecule has 0 aliphatic heterocycles. The van der Waals surface area contributed by atoms with Crippen LogP contribution in [0.4, 0.5) is 0 Å². The van der Waals surface area contributed by atoms with Gasteiger partial charge < -0.3 is 24.8 Å². The molecule has 2 aromatic rings. The Kier molecular flexibility index (Phi) is 13.7. The van der Waals surface area contributed by atoms with Crippen LogP contribution in [-0.4, -0.2) is 43.9 Å². The van der Waals surface area contributed by atoms with Crippen molar-refractivity contribution in [3.8, 4) is 17.4 Å². The van der Waals surface area contributed by atoms with Crippen LogP contribution in [0.2, 0.25) is 0 Å². The Morgan fingerprint density at radius 2 is 1.78 bits per heavy atom. The molecule has 0 amide bonds. The first-order valence-corrected chi connectivity index (χ1v) is 11.0. The minimum Gasteiger partial charge on any atom is -0.490 e. The lowest BCUT2D eigenvalue weighted by atomic mass is 10.0. The first-order chi connectivity index (χ1) is 15.1. The zero-order chi connectivity index (χ0) is 22.5. The van der Waals surface area contributed by atoms with E-state index in [9.17, 15) is 0 Å². The molecule has 2 rings (SSSR count). The van der Waals surface area contributed by atoms with Crippen LogP contribution in [-0.2, 0) is 11.3 Å². The summed E-state index contributed by atoms with van der Waals surface area (Å²) in [5, 5.41) is 6.66. The van der Waals surface area contributed by atoms with E-state index in [1.807, 2.05) is 50.2 Å². The minimum absolute atomic E-state index is 0. The van der Waals surface area contributed by atoms with Crippen LogP contribution in [0.15, 0.2) is 47.6 Å². The van der Waals surface area contributed by atoms with Gasteiger partial charge in [0.1, 0.15) is 0 Å². The third kappa shape index (κ3) is 9.60. The molecule has 0 spiro atoms. The Morgan fingerprint density at radius 3 is 2.38 bits per heavy atom. The van der Waals surface area contributed by atoms with E-state index in [1.165, 1.54) is 0 Å². The van der Waals surface area contributed by atoms with Crippen molar-refractivity contribution in [2.45, 2.75) is 46.8 Å². The summed E-state index contributed by atoms with van der Waals surface area (Å²) < 4.78 is 17.3. The second-order valence-corrected chi connectivity index (χ2v) is 7.37. The first-order valence-electron chi connectivity index (χ1n) is 11.0. The fourth-order valence-corrected chi connectivity index (χ4v) is 3.06. The number of hydrogen-bond donors (Lipinski definition) is 2. The summed E-state index contributed by atoms with van der Waals surface area (Å²) in [6.07, 6.45) is 2.98. The Morgan fingerprint density at radius 1 is 1.03 bits per heavy atom. The molecular weight excluding hydrogens is 519 g/mol. The normalized spacial score (nSPS) is 12.1. The number of rotatable bonds is 12. The van der Waals surface area contributed by atoms with Gasteiger partial charge in [-0.15, -0.1) is 24.0 Å². The van der Waals surface area contributed by atoms with Crippen LogP contribution < -0.4 is 20.1 Å². The topological polar surface area (TPSA) is 77.0 Å². The van der Waals surface area contributed by atoms with E-state index in [2.05, 4.69) is 34.5 Å². The Balaban J connectivity index is 0.00000512. The molecular formula is C24H37IN4O3. The number of ether oxygens (including phenoxy) is 3. The molecule has 32 heavy (non-hydrogen) atoms. The van der Waals surface area contributed by atoms with Crippen molar-refractivity contribution >= 4 is 29.9 Å². The highest BCUT2D eigenvalue weighted by molar-refractivity contribution is 14.0. The molecule has 1 heterocycles. The van der Waals surface area contributed by atoms with E-state index in [0.29, 0.717) is 36.4 Å². The van der Waals surface area contributed by atoms with Gasteiger partial charge in [-0.25, -0.2) is 4.98 Å². The van der Waals surface area contributed by atoms with Gasteiger partial charge in [-0.3, -0.25) is 4.99 Å². The number of para-hydroxylation sites is 2. The zero-order valence-electron chi connectivity index (χ0n) is 19.8. The van der Waals surface area contributed by atoms with Crippen molar-refractivity contribution in [1.82, 2.24) is 15.6 Å². The molecule has 0 fully saturated rings. The molecule has 178 valence electrons. The SMILES string of the molecule is CCOc1ccccc1Oc1ccc(CNC(=NC)NCCC(OCC)C(C)C)cn1.I. The molecule has 0 bridgehead atoms. The molecule has 0 saturated carbocycles. The summed E-state index contributed by atoms with van der Waals surface area (Å²) >= 11 is 0. The first kappa shape index (κ1) is 28.0. The van der Waals surface area contributed by atoms with Crippen molar-refractivity contribution < 1.29 is 14.2 Å². The largest absolute Gasteiger partial charge is 0.490 e.